The Hall–Kier alpha value is -1.85. The largest absolute Gasteiger partial charge is 0.307 e. The zero-order chi connectivity index (χ0) is 15.6. The first-order valence-electron chi connectivity index (χ1n) is 8.33. The van der Waals surface area contributed by atoms with Crippen molar-refractivity contribution in [3.8, 4) is 0 Å². The highest BCUT2D eigenvalue weighted by atomic mass is 19.1. The minimum Gasteiger partial charge on any atom is -0.307 e. The normalized spacial score (nSPS) is 21.3. The Bertz CT molecular complexity index is 697. The average molecular weight is 312 g/mol. The predicted molar refractivity (Wildman–Crippen MR) is 86.2 cm³/mol. The van der Waals surface area contributed by atoms with E-state index in [0.717, 1.165) is 50.4 Å². The second-order valence-electron chi connectivity index (χ2n) is 6.44. The van der Waals surface area contributed by atoms with Crippen LogP contribution >= 0.6 is 0 Å². The highest BCUT2D eigenvalue weighted by Gasteiger charge is 2.23. The first kappa shape index (κ1) is 14.7. The number of nitrogens with zero attached hydrogens (tertiary/aromatic N) is 3. The summed E-state index contributed by atoms with van der Waals surface area (Å²) in [5, 5.41) is 3.46. The number of halogens is 1. The molecule has 3 heterocycles. The standard InChI is InChI=1S/C18H21FN4/c19-15-4-1-3-13(9-15)11-23-8-6-16-14(12-23)10-21-18(22-16)17-5-2-7-20-17/h1,3-4,9-10,17,20H,2,5-8,11-12H2. The van der Waals surface area contributed by atoms with Crippen molar-refractivity contribution >= 4 is 0 Å². The summed E-state index contributed by atoms with van der Waals surface area (Å²) in [6.07, 6.45) is 5.25. The van der Waals surface area contributed by atoms with E-state index in [1.165, 1.54) is 23.7 Å². The lowest BCUT2D eigenvalue weighted by atomic mass is 10.1. The zero-order valence-electron chi connectivity index (χ0n) is 13.1. The van der Waals surface area contributed by atoms with E-state index >= 15 is 0 Å². The van der Waals surface area contributed by atoms with E-state index < -0.39 is 0 Å². The molecule has 1 fully saturated rings. The van der Waals surface area contributed by atoms with Gasteiger partial charge in [-0.15, -0.1) is 0 Å². The van der Waals surface area contributed by atoms with Gasteiger partial charge in [-0.2, -0.15) is 0 Å². The van der Waals surface area contributed by atoms with E-state index in [1.54, 1.807) is 12.1 Å². The Labute approximate surface area is 135 Å². The summed E-state index contributed by atoms with van der Waals surface area (Å²) in [6.45, 7) is 3.62. The smallest absolute Gasteiger partial charge is 0.145 e. The monoisotopic (exact) mass is 312 g/mol. The molecule has 120 valence electrons. The van der Waals surface area contributed by atoms with Gasteiger partial charge in [0.1, 0.15) is 11.6 Å². The minimum absolute atomic E-state index is 0.169. The quantitative estimate of drug-likeness (QED) is 0.946. The van der Waals surface area contributed by atoms with Gasteiger partial charge in [0, 0.05) is 43.5 Å². The molecule has 1 unspecified atom stereocenters. The van der Waals surface area contributed by atoms with E-state index in [9.17, 15) is 4.39 Å². The maximum absolute atomic E-state index is 13.3. The van der Waals surface area contributed by atoms with Gasteiger partial charge >= 0.3 is 0 Å². The van der Waals surface area contributed by atoms with Crippen LogP contribution < -0.4 is 5.32 Å². The SMILES string of the molecule is Fc1cccc(CN2CCc3nc(C4CCCN4)ncc3C2)c1. The summed E-state index contributed by atoms with van der Waals surface area (Å²) >= 11 is 0. The molecular weight excluding hydrogens is 291 g/mol. The Morgan fingerprint density at radius 2 is 2.30 bits per heavy atom. The fourth-order valence-corrected chi connectivity index (χ4v) is 3.49. The summed E-state index contributed by atoms with van der Waals surface area (Å²) in [4.78, 5) is 11.7. The summed E-state index contributed by atoms with van der Waals surface area (Å²) < 4.78 is 13.3. The molecule has 2 aliphatic heterocycles. The van der Waals surface area contributed by atoms with Crippen LogP contribution in [-0.4, -0.2) is 28.0 Å². The van der Waals surface area contributed by atoms with Gasteiger partial charge in [-0.1, -0.05) is 12.1 Å². The molecule has 1 atom stereocenters. The molecule has 0 bridgehead atoms. The highest BCUT2D eigenvalue weighted by molar-refractivity contribution is 5.23. The molecule has 23 heavy (non-hydrogen) atoms. The topological polar surface area (TPSA) is 41.1 Å². The second-order valence-corrected chi connectivity index (χ2v) is 6.44. The van der Waals surface area contributed by atoms with E-state index in [1.807, 2.05) is 12.3 Å². The van der Waals surface area contributed by atoms with Crippen LogP contribution in [0, 0.1) is 5.82 Å². The second kappa shape index (κ2) is 6.34. The number of rotatable bonds is 3. The maximum Gasteiger partial charge on any atom is 0.145 e. The minimum atomic E-state index is -0.169. The molecule has 0 spiro atoms. The van der Waals surface area contributed by atoms with E-state index in [0.29, 0.717) is 6.04 Å². The number of hydrogen-bond donors (Lipinski definition) is 1. The van der Waals surface area contributed by atoms with Crippen LogP contribution in [0.1, 0.15) is 41.5 Å². The van der Waals surface area contributed by atoms with Crippen molar-refractivity contribution < 1.29 is 4.39 Å². The van der Waals surface area contributed by atoms with Gasteiger partial charge in [0.05, 0.1) is 6.04 Å². The molecule has 0 aliphatic carbocycles. The number of benzene rings is 1. The Morgan fingerprint density at radius 3 is 3.13 bits per heavy atom. The average Bonchev–Trinajstić information content (AvgIpc) is 3.09. The van der Waals surface area contributed by atoms with Gasteiger partial charge < -0.3 is 5.32 Å². The van der Waals surface area contributed by atoms with E-state index in [-0.39, 0.29) is 5.82 Å². The molecule has 1 aromatic heterocycles. The molecule has 2 aliphatic rings. The van der Waals surface area contributed by atoms with Crippen LogP contribution in [0.2, 0.25) is 0 Å². The van der Waals surface area contributed by atoms with Gasteiger partial charge in [-0.3, -0.25) is 4.90 Å². The first-order valence-corrected chi connectivity index (χ1v) is 8.33. The lowest BCUT2D eigenvalue weighted by Crippen LogP contribution is -2.31. The van der Waals surface area contributed by atoms with Crippen molar-refractivity contribution in [2.75, 3.05) is 13.1 Å². The maximum atomic E-state index is 13.3. The lowest BCUT2D eigenvalue weighted by molar-refractivity contribution is 0.242. The molecule has 0 amide bonds. The first-order chi connectivity index (χ1) is 11.3. The Morgan fingerprint density at radius 1 is 1.35 bits per heavy atom. The number of nitrogens with one attached hydrogen (secondary N) is 1. The molecule has 5 heteroatoms. The summed E-state index contributed by atoms with van der Waals surface area (Å²) in [6, 6.07) is 7.17. The molecule has 0 radical (unpaired) electrons. The van der Waals surface area contributed by atoms with Crippen LogP contribution in [0.15, 0.2) is 30.5 Å². The third kappa shape index (κ3) is 3.26. The molecule has 2 aromatic rings. The van der Waals surface area contributed by atoms with Gasteiger partial charge in [-0.05, 0) is 37.1 Å². The predicted octanol–water partition coefficient (Wildman–Crippen LogP) is 2.60. The Balaban J connectivity index is 1.47. The van der Waals surface area contributed by atoms with Crippen LogP contribution in [0.5, 0.6) is 0 Å². The van der Waals surface area contributed by atoms with Crippen molar-refractivity contribution in [3.63, 3.8) is 0 Å². The molecule has 0 saturated carbocycles. The molecule has 1 N–H and O–H groups in total. The van der Waals surface area contributed by atoms with Gasteiger partial charge in [0.15, 0.2) is 0 Å². The van der Waals surface area contributed by atoms with E-state index in [4.69, 9.17) is 4.98 Å². The van der Waals surface area contributed by atoms with Crippen molar-refractivity contribution in [3.05, 3.63) is 58.9 Å². The van der Waals surface area contributed by atoms with Crippen molar-refractivity contribution in [1.82, 2.24) is 20.2 Å². The molecular formula is C18H21FN4. The van der Waals surface area contributed by atoms with Crippen LogP contribution in [0.25, 0.3) is 0 Å². The van der Waals surface area contributed by atoms with Gasteiger partial charge in [0.2, 0.25) is 0 Å². The van der Waals surface area contributed by atoms with Crippen LogP contribution in [0.3, 0.4) is 0 Å². The number of aromatic nitrogens is 2. The number of hydrogen-bond acceptors (Lipinski definition) is 4. The van der Waals surface area contributed by atoms with Crippen LogP contribution in [-0.2, 0) is 19.5 Å². The number of fused-ring (bicyclic) bond motifs is 1. The third-order valence-electron chi connectivity index (χ3n) is 4.70. The van der Waals surface area contributed by atoms with Crippen molar-refractivity contribution in [2.24, 2.45) is 0 Å². The lowest BCUT2D eigenvalue weighted by Gasteiger charge is -2.28. The molecule has 1 saturated heterocycles. The fraction of sp³-hybridized carbons (Fsp3) is 0.444. The van der Waals surface area contributed by atoms with Crippen molar-refractivity contribution in [1.29, 1.82) is 0 Å². The van der Waals surface area contributed by atoms with Crippen molar-refractivity contribution in [2.45, 2.75) is 38.4 Å². The van der Waals surface area contributed by atoms with E-state index in [2.05, 4.69) is 15.2 Å². The van der Waals surface area contributed by atoms with Gasteiger partial charge in [0.25, 0.3) is 0 Å². The summed E-state index contributed by atoms with van der Waals surface area (Å²) in [7, 11) is 0. The van der Waals surface area contributed by atoms with Crippen LogP contribution in [0.4, 0.5) is 4.39 Å². The zero-order valence-corrected chi connectivity index (χ0v) is 13.1. The molecule has 4 nitrogen and oxygen atoms in total. The Kier molecular flexibility index (Phi) is 4.06. The van der Waals surface area contributed by atoms with Gasteiger partial charge in [-0.25, -0.2) is 14.4 Å². The molecule has 1 aromatic carbocycles. The summed E-state index contributed by atoms with van der Waals surface area (Å²) in [5.41, 5.74) is 3.40. The highest BCUT2D eigenvalue weighted by Crippen LogP contribution is 2.23. The summed E-state index contributed by atoms with van der Waals surface area (Å²) in [5.74, 6) is 0.775. The molecule has 4 rings (SSSR count). The fourth-order valence-electron chi connectivity index (χ4n) is 3.49. The third-order valence-corrected chi connectivity index (χ3v) is 4.70.